The van der Waals surface area contributed by atoms with Gasteiger partial charge in [-0.05, 0) is 12.0 Å². The van der Waals surface area contributed by atoms with Gasteiger partial charge in [-0.25, -0.2) is 0 Å². The molecule has 0 amide bonds. The maximum Gasteiger partial charge on any atom is 0.484 e. The average Bonchev–Trinajstić information content (AvgIpc) is 3.06. The van der Waals surface area contributed by atoms with E-state index in [0.717, 1.165) is 5.56 Å². The Morgan fingerprint density at radius 1 is 1.12 bits per heavy atom. The molecule has 0 aliphatic heterocycles. The van der Waals surface area contributed by atoms with Gasteiger partial charge in [-0.3, -0.25) is 0 Å². The summed E-state index contributed by atoms with van der Waals surface area (Å²) in [6, 6.07) is 9.48. The molecule has 0 heterocycles. The average molecular weight is 243 g/mol. The molecule has 1 nitrogen and oxygen atoms in total. The predicted octanol–water partition coefficient (Wildman–Crippen LogP) is 3.97. The van der Waals surface area contributed by atoms with Crippen LogP contribution in [-0.2, 0) is 11.3 Å². The summed E-state index contributed by atoms with van der Waals surface area (Å²) >= 11 is 0. The minimum Gasteiger partial charge on any atom is -0.449 e. The van der Waals surface area contributed by atoms with E-state index in [9.17, 15) is 12.9 Å². The van der Waals surface area contributed by atoms with Crippen molar-refractivity contribution in [3.63, 3.8) is 0 Å². The van der Waals surface area contributed by atoms with E-state index >= 15 is 0 Å². The third-order valence-corrected chi connectivity index (χ3v) is 3.44. The molecule has 5 heteroatoms. The molecule has 0 spiro atoms. The fourth-order valence-electron chi connectivity index (χ4n) is 1.94. The molecule has 1 aliphatic carbocycles. The Morgan fingerprint density at radius 3 is 2.29 bits per heavy atom. The van der Waals surface area contributed by atoms with E-state index in [2.05, 4.69) is 0 Å². The first-order valence-electron chi connectivity index (χ1n) is 5.85. The Hall–Kier alpha value is -0.965. The van der Waals surface area contributed by atoms with Gasteiger partial charge in [0.15, 0.2) is 0 Å². The highest BCUT2D eigenvalue weighted by Crippen LogP contribution is 2.64. The van der Waals surface area contributed by atoms with Crippen molar-refractivity contribution in [3.8, 4) is 0 Å². The van der Waals surface area contributed by atoms with Crippen molar-refractivity contribution in [1.29, 1.82) is 0 Å². The molecule has 94 valence electrons. The van der Waals surface area contributed by atoms with Crippen LogP contribution in [0.5, 0.6) is 0 Å². The van der Waals surface area contributed by atoms with Crippen LogP contribution in [0.15, 0.2) is 30.3 Å². The standard InChI is InChI=1S/C12H15BF3O/c14-13(15,16)12(6-7-12)8-9-17-10-11-4-2-1-3-5-11/h1-5H,6-10H2/q-1. The van der Waals surface area contributed by atoms with Crippen molar-refractivity contribution < 1.29 is 17.7 Å². The van der Waals surface area contributed by atoms with E-state index in [0.29, 0.717) is 6.61 Å². The van der Waals surface area contributed by atoms with Crippen LogP contribution in [0.4, 0.5) is 12.9 Å². The molecule has 1 saturated carbocycles. The number of ether oxygens (including phenoxy) is 1. The Morgan fingerprint density at radius 2 is 1.76 bits per heavy atom. The fourth-order valence-corrected chi connectivity index (χ4v) is 1.94. The monoisotopic (exact) mass is 243 g/mol. The largest absolute Gasteiger partial charge is 0.484 e. The molecule has 0 N–H and O–H groups in total. The molecule has 2 rings (SSSR count). The van der Waals surface area contributed by atoms with Gasteiger partial charge >= 0.3 is 6.98 Å². The van der Waals surface area contributed by atoms with Crippen LogP contribution >= 0.6 is 0 Å². The molecule has 1 aliphatic rings. The highest BCUT2D eigenvalue weighted by molar-refractivity contribution is 6.63. The maximum absolute atomic E-state index is 12.7. The smallest absolute Gasteiger partial charge is 0.449 e. The van der Waals surface area contributed by atoms with Crippen molar-refractivity contribution >= 4 is 6.98 Å². The third kappa shape index (κ3) is 3.03. The van der Waals surface area contributed by atoms with E-state index in [-0.39, 0.29) is 25.9 Å². The van der Waals surface area contributed by atoms with Gasteiger partial charge in [-0.2, -0.15) is 0 Å². The topological polar surface area (TPSA) is 9.23 Å². The quantitative estimate of drug-likeness (QED) is 0.542. The van der Waals surface area contributed by atoms with Crippen molar-refractivity contribution in [2.75, 3.05) is 6.61 Å². The normalized spacial score (nSPS) is 18.1. The van der Waals surface area contributed by atoms with Crippen molar-refractivity contribution in [1.82, 2.24) is 0 Å². The second-order valence-electron chi connectivity index (χ2n) is 4.73. The van der Waals surface area contributed by atoms with E-state index in [1.165, 1.54) is 0 Å². The minimum atomic E-state index is -4.70. The highest BCUT2D eigenvalue weighted by Gasteiger charge is 2.56. The maximum atomic E-state index is 12.7. The van der Waals surface area contributed by atoms with Crippen molar-refractivity contribution in [2.45, 2.75) is 31.2 Å². The van der Waals surface area contributed by atoms with Crippen LogP contribution in [0.3, 0.4) is 0 Å². The summed E-state index contributed by atoms with van der Waals surface area (Å²) in [4.78, 5) is 0. The van der Waals surface area contributed by atoms with Gasteiger partial charge in [-0.15, -0.1) is 0 Å². The number of hydrogen-bond donors (Lipinski definition) is 0. The molecule has 0 atom stereocenters. The SMILES string of the molecule is F[B-](F)(F)C1(CCOCc2ccccc2)CC1. The summed E-state index contributed by atoms with van der Waals surface area (Å²) in [7, 11) is 0. The van der Waals surface area contributed by atoms with Crippen LogP contribution in [0.2, 0.25) is 5.31 Å². The van der Waals surface area contributed by atoms with Gasteiger partial charge in [0.1, 0.15) is 0 Å². The second-order valence-corrected chi connectivity index (χ2v) is 4.73. The third-order valence-electron chi connectivity index (χ3n) is 3.44. The lowest BCUT2D eigenvalue weighted by Crippen LogP contribution is -2.26. The molecule has 0 aromatic heterocycles. The van der Waals surface area contributed by atoms with Crippen LogP contribution in [0, 0.1) is 0 Å². The molecule has 1 fully saturated rings. The molecular formula is C12H15BF3O-. The van der Waals surface area contributed by atoms with Gasteiger partial charge in [0.05, 0.1) is 6.61 Å². The highest BCUT2D eigenvalue weighted by atomic mass is 19.4. The zero-order valence-electron chi connectivity index (χ0n) is 9.54. The zero-order chi connectivity index (χ0) is 12.4. The van der Waals surface area contributed by atoms with Crippen molar-refractivity contribution in [3.05, 3.63) is 35.9 Å². The molecular weight excluding hydrogens is 228 g/mol. The van der Waals surface area contributed by atoms with Crippen LogP contribution in [0.25, 0.3) is 0 Å². The molecule has 1 aromatic carbocycles. The van der Waals surface area contributed by atoms with Gasteiger partial charge in [0.2, 0.25) is 0 Å². The Bertz CT molecular complexity index is 360. The Labute approximate surface area is 99.0 Å². The van der Waals surface area contributed by atoms with Crippen LogP contribution in [-0.4, -0.2) is 13.6 Å². The van der Waals surface area contributed by atoms with Crippen LogP contribution < -0.4 is 0 Å². The number of rotatable bonds is 6. The van der Waals surface area contributed by atoms with Gasteiger partial charge in [0.25, 0.3) is 0 Å². The molecule has 0 bridgehead atoms. The van der Waals surface area contributed by atoms with Gasteiger partial charge < -0.3 is 17.7 Å². The molecule has 1 aromatic rings. The summed E-state index contributed by atoms with van der Waals surface area (Å²) in [5, 5.41) is -1.38. The molecule has 17 heavy (non-hydrogen) atoms. The summed E-state index contributed by atoms with van der Waals surface area (Å²) in [6.07, 6.45) is 0.680. The predicted molar refractivity (Wildman–Crippen MR) is 61.7 cm³/mol. The van der Waals surface area contributed by atoms with Gasteiger partial charge in [0, 0.05) is 6.61 Å². The number of benzene rings is 1. The fraction of sp³-hybridized carbons (Fsp3) is 0.500. The van der Waals surface area contributed by atoms with Crippen molar-refractivity contribution in [2.24, 2.45) is 0 Å². The summed E-state index contributed by atoms with van der Waals surface area (Å²) in [5.41, 5.74) is 0.995. The van der Waals surface area contributed by atoms with E-state index in [4.69, 9.17) is 4.74 Å². The minimum absolute atomic E-state index is 0.114. The second kappa shape index (κ2) is 4.73. The molecule has 0 radical (unpaired) electrons. The molecule has 0 saturated heterocycles. The van der Waals surface area contributed by atoms with E-state index in [1.54, 1.807) is 0 Å². The summed E-state index contributed by atoms with van der Waals surface area (Å²) in [5.74, 6) is 0. The number of hydrogen-bond acceptors (Lipinski definition) is 1. The summed E-state index contributed by atoms with van der Waals surface area (Å²) in [6.45, 7) is -4.12. The van der Waals surface area contributed by atoms with Crippen LogP contribution in [0.1, 0.15) is 24.8 Å². The lowest BCUT2D eigenvalue weighted by atomic mass is 9.67. The first-order chi connectivity index (χ1) is 8.04. The summed E-state index contributed by atoms with van der Waals surface area (Å²) < 4.78 is 43.3. The van der Waals surface area contributed by atoms with E-state index in [1.807, 2.05) is 30.3 Å². The lowest BCUT2D eigenvalue weighted by molar-refractivity contribution is 0.113. The molecule has 0 unspecified atom stereocenters. The lowest BCUT2D eigenvalue weighted by Gasteiger charge is -2.26. The Kier molecular flexibility index (Phi) is 3.47. The Balaban J connectivity index is 1.71. The first kappa shape index (κ1) is 12.5. The zero-order valence-corrected chi connectivity index (χ0v) is 9.54. The number of halogens is 3. The van der Waals surface area contributed by atoms with E-state index < -0.39 is 12.3 Å². The first-order valence-corrected chi connectivity index (χ1v) is 5.85. The van der Waals surface area contributed by atoms with Gasteiger partial charge in [-0.1, -0.05) is 48.5 Å².